The first-order valence-corrected chi connectivity index (χ1v) is 7.74. The van der Waals surface area contributed by atoms with Gasteiger partial charge in [-0.2, -0.15) is 5.10 Å². The number of likely N-dealkylation sites (N-methyl/N-ethyl adjacent to an activating group) is 1. The number of carbonyl (C=O) groups excluding carboxylic acids is 1. The predicted molar refractivity (Wildman–Crippen MR) is 91.1 cm³/mol. The van der Waals surface area contributed by atoms with E-state index in [2.05, 4.69) is 10.4 Å². The van der Waals surface area contributed by atoms with E-state index in [0.717, 1.165) is 5.56 Å². The molecule has 8 heteroatoms. The van der Waals surface area contributed by atoms with Gasteiger partial charge < -0.3 is 10.4 Å². The van der Waals surface area contributed by atoms with E-state index < -0.39 is 12.0 Å². The lowest BCUT2D eigenvalue weighted by molar-refractivity contribution is -0.142. The van der Waals surface area contributed by atoms with Gasteiger partial charge >= 0.3 is 5.97 Å². The summed E-state index contributed by atoms with van der Waals surface area (Å²) in [7, 11) is 1.58. The van der Waals surface area contributed by atoms with Crippen molar-refractivity contribution in [2.24, 2.45) is 0 Å². The van der Waals surface area contributed by atoms with Gasteiger partial charge in [0.05, 0.1) is 19.3 Å². The second-order valence-corrected chi connectivity index (χ2v) is 5.85. The van der Waals surface area contributed by atoms with Gasteiger partial charge in [0.15, 0.2) is 0 Å². The first kappa shape index (κ1) is 18.0. The number of carbonyl (C=O) groups is 2. The van der Waals surface area contributed by atoms with Crippen molar-refractivity contribution in [3.8, 4) is 0 Å². The number of amides is 1. The van der Waals surface area contributed by atoms with Gasteiger partial charge in [-0.15, -0.1) is 0 Å². The minimum atomic E-state index is -0.978. The molecule has 128 valence electrons. The molecule has 7 nitrogen and oxygen atoms in total. The van der Waals surface area contributed by atoms with Gasteiger partial charge in [0.1, 0.15) is 11.9 Å². The highest BCUT2D eigenvalue weighted by atomic mass is 35.5. The second kappa shape index (κ2) is 7.94. The Morgan fingerprint density at radius 3 is 2.75 bits per heavy atom. The first-order chi connectivity index (χ1) is 11.4. The van der Waals surface area contributed by atoms with Crippen LogP contribution in [-0.4, -0.2) is 51.3 Å². The Morgan fingerprint density at radius 2 is 2.08 bits per heavy atom. The molecule has 0 spiro atoms. The zero-order valence-corrected chi connectivity index (χ0v) is 14.2. The molecule has 24 heavy (non-hydrogen) atoms. The summed E-state index contributed by atoms with van der Waals surface area (Å²) in [5.74, 6) is -0.767. The second-order valence-electron chi connectivity index (χ2n) is 5.44. The molecule has 1 aromatic carbocycles. The molecule has 2 rings (SSSR count). The van der Waals surface area contributed by atoms with Gasteiger partial charge in [-0.25, -0.2) is 4.68 Å². The smallest absolute Gasteiger partial charge is 0.320 e. The van der Waals surface area contributed by atoms with E-state index in [4.69, 9.17) is 16.7 Å². The summed E-state index contributed by atoms with van der Waals surface area (Å²) < 4.78 is 1.62. The Hall–Kier alpha value is -2.38. The number of hydrogen-bond acceptors (Lipinski definition) is 4. The first-order valence-electron chi connectivity index (χ1n) is 7.36. The lowest BCUT2D eigenvalue weighted by Crippen LogP contribution is -2.40. The molecule has 0 saturated heterocycles. The number of halogens is 1. The molecule has 1 atom stereocenters. The molecule has 0 aliphatic rings. The van der Waals surface area contributed by atoms with E-state index in [9.17, 15) is 9.59 Å². The predicted octanol–water partition coefficient (Wildman–Crippen LogP) is 1.93. The maximum Gasteiger partial charge on any atom is 0.320 e. The van der Waals surface area contributed by atoms with Crippen molar-refractivity contribution in [3.05, 3.63) is 47.1 Å². The van der Waals surface area contributed by atoms with Crippen molar-refractivity contribution in [3.63, 3.8) is 0 Å². The highest BCUT2D eigenvalue weighted by Crippen LogP contribution is 2.18. The highest BCUT2D eigenvalue weighted by molar-refractivity contribution is 6.31. The summed E-state index contributed by atoms with van der Waals surface area (Å²) in [4.78, 5) is 24.5. The van der Waals surface area contributed by atoms with Crippen LogP contribution in [0, 0.1) is 0 Å². The van der Waals surface area contributed by atoms with Gasteiger partial charge in [0, 0.05) is 11.1 Å². The van der Waals surface area contributed by atoms with Crippen molar-refractivity contribution in [2.75, 3.05) is 18.9 Å². The molecule has 1 aromatic heterocycles. The Bertz CT molecular complexity index is 732. The fraction of sp³-hybridized carbons (Fsp3) is 0.312. The number of carboxylic acid groups (broad SMARTS) is 1. The van der Waals surface area contributed by atoms with E-state index in [1.165, 1.54) is 11.8 Å². The Kier molecular flexibility index (Phi) is 5.94. The molecule has 1 amide bonds. The molecule has 0 aliphatic heterocycles. The number of benzene rings is 1. The lowest BCUT2D eigenvalue weighted by atomic mass is 10.2. The Labute approximate surface area is 144 Å². The number of carboxylic acids is 1. The molecule has 2 N–H and O–H groups in total. The normalized spacial score (nSPS) is 12.2. The summed E-state index contributed by atoms with van der Waals surface area (Å²) in [5, 5.41) is 16.5. The average Bonchev–Trinajstić information content (AvgIpc) is 2.95. The van der Waals surface area contributed by atoms with Gasteiger partial charge in [-0.1, -0.05) is 29.8 Å². The maximum absolute atomic E-state index is 12.1. The van der Waals surface area contributed by atoms with E-state index >= 15 is 0 Å². The number of nitrogens with zero attached hydrogens (tertiary/aromatic N) is 3. The number of aliphatic carboxylic acids is 1. The third-order valence-electron chi connectivity index (χ3n) is 3.67. The van der Waals surface area contributed by atoms with Crippen LogP contribution in [0.1, 0.15) is 12.5 Å². The molecular weight excluding hydrogens is 332 g/mol. The standard InChI is InChI=1S/C16H19ClN4O3/c1-11(16(23)24)20(2)10-15(22)19-14-7-8-18-21(14)9-12-5-3-4-6-13(12)17/h3-8,11H,9-10H2,1-2H3,(H,19,22)(H,23,24). The van der Waals surface area contributed by atoms with E-state index in [0.29, 0.717) is 17.4 Å². The molecular formula is C16H19ClN4O3. The molecule has 2 aromatic rings. The number of nitrogens with one attached hydrogen (secondary N) is 1. The topological polar surface area (TPSA) is 87.5 Å². The summed E-state index contributed by atoms with van der Waals surface area (Å²) in [6.45, 7) is 1.91. The van der Waals surface area contributed by atoms with Crippen LogP contribution in [0.25, 0.3) is 0 Å². The minimum Gasteiger partial charge on any atom is -0.480 e. The van der Waals surface area contributed by atoms with Crippen LogP contribution in [-0.2, 0) is 16.1 Å². The third kappa shape index (κ3) is 4.56. The molecule has 1 heterocycles. The summed E-state index contributed by atoms with van der Waals surface area (Å²) in [6, 6.07) is 8.33. The Morgan fingerprint density at radius 1 is 1.38 bits per heavy atom. The van der Waals surface area contributed by atoms with Gasteiger partial charge in [-0.05, 0) is 25.6 Å². The van der Waals surface area contributed by atoms with Crippen molar-refractivity contribution in [2.45, 2.75) is 19.5 Å². The quantitative estimate of drug-likeness (QED) is 0.796. The Balaban J connectivity index is 2.01. The van der Waals surface area contributed by atoms with Crippen LogP contribution in [0.5, 0.6) is 0 Å². The van der Waals surface area contributed by atoms with Crippen LogP contribution in [0.2, 0.25) is 5.02 Å². The van der Waals surface area contributed by atoms with Crippen molar-refractivity contribution in [1.82, 2.24) is 14.7 Å². The number of anilines is 1. The van der Waals surface area contributed by atoms with Crippen LogP contribution in [0.4, 0.5) is 5.82 Å². The van der Waals surface area contributed by atoms with Crippen LogP contribution in [0.3, 0.4) is 0 Å². The third-order valence-corrected chi connectivity index (χ3v) is 4.04. The fourth-order valence-electron chi connectivity index (χ4n) is 2.09. The zero-order valence-electron chi connectivity index (χ0n) is 13.4. The SMILES string of the molecule is CC(C(=O)O)N(C)CC(=O)Nc1ccnn1Cc1ccccc1Cl. The molecule has 0 radical (unpaired) electrons. The largest absolute Gasteiger partial charge is 0.480 e. The number of rotatable bonds is 7. The number of aromatic nitrogens is 2. The molecule has 0 aliphatic carbocycles. The number of hydrogen-bond donors (Lipinski definition) is 2. The minimum absolute atomic E-state index is 0.0370. The van der Waals surface area contributed by atoms with E-state index in [-0.39, 0.29) is 12.5 Å². The summed E-state index contributed by atoms with van der Waals surface area (Å²) >= 11 is 6.14. The van der Waals surface area contributed by atoms with Crippen molar-refractivity contribution >= 4 is 29.3 Å². The molecule has 0 bridgehead atoms. The summed E-state index contributed by atoms with van der Waals surface area (Å²) in [6.07, 6.45) is 1.58. The molecule has 1 unspecified atom stereocenters. The molecule has 0 saturated carbocycles. The van der Waals surface area contributed by atoms with Crippen LogP contribution < -0.4 is 5.32 Å². The van der Waals surface area contributed by atoms with Crippen molar-refractivity contribution in [1.29, 1.82) is 0 Å². The lowest BCUT2D eigenvalue weighted by Gasteiger charge is -2.20. The fourth-order valence-corrected chi connectivity index (χ4v) is 2.28. The van der Waals surface area contributed by atoms with E-state index in [1.54, 1.807) is 30.1 Å². The summed E-state index contributed by atoms with van der Waals surface area (Å²) in [5.41, 5.74) is 0.884. The monoisotopic (exact) mass is 350 g/mol. The van der Waals surface area contributed by atoms with Gasteiger partial charge in [0.25, 0.3) is 0 Å². The van der Waals surface area contributed by atoms with Gasteiger partial charge in [0.2, 0.25) is 5.91 Å². The van der Waals surface area contributed by atoms with Crippen LogP contribution >= 0.6 is 11.6 Å². The molecule has 0 fully saturated rings. The van der Waals surface area contributed by atoms with E-state index in [1.807, 2.05) is 18.2 Å². The maximum atomic E-state index is 12.1. The van der Waals surface area contributed by atoms with Gasteiger partial charge in [-0.3, -0.25) is 14.5 Å². The average molecular weight is 351 g/mol. The van der Waals surface area contributed by atoms with Crippen LogP contribution in [0.15, 0.2) is 36.5 Å². The van der Waals surface area contributed by atoms with Crippen molar-refractivity contribution < 1.29 is 14.7 Å². The zero-order chi connectivity index (χ0) is 17.7. The highest BCUT2D eigenvalue weighted by Gasteiger charge is 2.19.